The third-order valence-electron chi connectivity index (χ3n) is 4.93. The van der Waals surface area contributed by atoms with E-state index in [0.717, 1.165) is 0 Å². The summed E-state index contributed by atoms with van der Waals surface area (Å²) in [5.41, 5.74) is 13.2. The molecule has 1 saturated heterocycles. The number of hydrogen-bond acceptors (Lipinski definition) is 7. The summed E-state index contributed by atoms with van der Waals surface area (Å²) in [6, 6.07) is 3.23. The van der Waals surface area contributed by atoms with Crippen LogP contribution in [0, 0.1) is 12.7 Å². The molecule has 0 bridgehead atoms. The Labute approximate surface area is 166 Å². The highest BCUT2D eigenvalue weighted by molar-refractivity contribution is 5.99. The standard InChI is InChI=1S/C20H20FN5O3/c1-10-13(5-24-7-15(10)22)12-3-11-4-16(25-6-14(11)18(23)17(12)21)26-19(27)29-20(2)8-28-9-20/h3-7H,8-9,22-23H2,1-2H3,(H,25,26,27). The molecule has 2 aromatic heterocycles. The van der Waals surface area contributed by atoms with Crippen LogP contribution >= 0.6 is 0 Å². The third kappa shape index (κ3) is 3.40. The molecule has 1 aromatic carbocycles. The SMILES string of the molecule is Cc1c(N)cncc1-c1cc2cc(NC(=O)OC3(C)COC3)ncc2c(N)c1F. The Morgan fingerprint density at radius 1 is 1.24 bits per heavy atom. The van der Waals surface area contributed by atoms with Crippen molar-refractivity contribution < 1.29 is 18.7 Å². The lowest BCUT2D eigenvalue weighted by atomic mass is 9.97. The van der Waals surface area contributed by atoms with Gasteiger partial charge in [-0.3, -0.25) is 10.3 Å². The van der Waals surface area contributed by atoms with Crippen LogP contribution in [-0.4, -0.2) is 34.9 Å². The predicted molar refractivity (Wildman–Crippen MR) is 108 cm³/mol. The highest BCUT2D eigenvalue weighted by atomic mass is 19.1. The lowest BCUT2D eigenvalue weighted by Crippen LogP contribution is -2.51. The summed E-state index contributed by atoms with van der Waals surface area (Å²) in [5, 5.41) is 3.61. The van der Waals surface area contributed by atoms with Crippen LogP contribution in [0.1, 0.15) is 12.5 Å². The maximum atomic E-state index is 14.9. The number of aromatic nitrogens is 2. The first-order valence-electron chi connectivity index (χ1n) is 8.93. The van der Waals surface area contributed by atoms with Crippen molar-refractivity contribution >= 4 is 34.1 Å². The number of amides is 1. The predicted octanol–water partition coefficient (Wildman–Crippen LogP) is 3.25. The second-order valence-corrected chi connectivity index (χ2v) is 7.30. The third-order valence-corrected chi connectivity index (χ3v) is 4.93. The average molecular weight is 397 g/mol. The number of nitrogens with zero attached hydrogens (tertiary/aromatic N) is 2. The number of anilines is 3. The van der Waals surface area contributed by atoms with Gasteiger partial charge in [-0.1, -0.05) is 0 Å². The molecule has 0 radical (unpaired) electrons. The second-order valence-electron chi connectivity index (χ2n) is 7.30. The Hall–Kier alpha value is -3.46. The number of halogens is 1. The van der Waals surface area contributed by atoms with Gasteiger partial charge in [0.05, 0.1) is 30.8 Å². The minimum absolute atomic E-state index is 0.0416. The van der Waals surface area contributed by atoms with Crippen molar-refractivity contribution in [2.75, 3.05) is 30.0 Å². The molecule has 1 aliphatic rings. The fourth-order valence-corrected chi connectivity index (χ4v) is 3.18. The van der Waals surface area contributed by atoms with Crippen LogP contribution < -0.4 is 16.8 Å². The van der Waals surface area contributed by atoms with E-state index in [-0.39, 0.29) is 17.1 Å². The van der Waals surface area contributed by atoms with Crippen LogP contribution in [-0.2, 0) is 9.47 Å². The molecular weight excluding hydrogens is 377 g/mol. The summed E-state index contributed by atoms with van der Waals surface area (Å²) in [6.07, 6.45) is 3.81. The van der Waals surface area contributed by atoms with Crippen molar-refractivity contribution in [3.8, 4) is 11.1 Å². The molecule has 5 N–H and O–H groups in total. The molecule has 3 heterocycles. The molecule has 29 heavy (non-hydrogen) atoms. The van der Waals surface area contributed by atoms with Crippen molar-refractivity contribution in [3.05, 3.63) is 42.1 Å². The number of nitrogen functional groups attached to an aromatic ring is 2. The summed E-state index contributed by atoms with van der Waals surface area (Å²) in [6.45, 7) is 4.25. The van der Waals surface area contributed by atoms with E-state index in [1.54, 1.807) is 26.0 Å². The van der Waals surface area contributed by atoms with Crippen LogP contribution in [0.15, 0.2) is 30.7 Å². The summed E-state index contributed by atoms with van der Waals surface area (Å²) in [5.74, 6) is -0.321. The van der Waals surface area contributed by atoms with Gasteiger partial charge in [-0.2, -0.15) is 0 Å². The van der Waals surface area contributed by atoms with Crippen LogP contribution in [0.2, 0.25) is 0 Å². The van der Waals surface area contributed by atoms with E-state index in [9.17, 15) is 9.18 Å². The van der Waals surface area contributed by atoms with Crippen molar-refractivity contribution in [3.63, 3.8) is 0 Å². The second kappa shape index (κ2) is 6.85. The van der Waals surface area contributed by atoms with Crippen molar-refractivity contribution in [2.45, 2.75) is 19.4 Å². The molecule has 0 spiro atoms. The van der Waals surface area contributed by atoms with Gasteiger partial charge < -0.3 is 20.9 Å². The van der Waals surface area contributed by atoms with Gasteiger partial charge in [0, 0.05) is 28.9 Å². The van der Waals surface area contributed by atoms with E-state index < -0.39 is 17.5 Å². The summed E-state index contributed by atoms with van der Waals surface area (Å²) >= 11 is 0. The summed E-state index contributed by atoms with van der Waals surface area (Å²) in [4.78, 5) is 20.3. The Kier molecular flexibility index (Phi) is 4.46. The normalized spacial score (nSPS) is 15.0. The molecule has 3 aromatic rings. The number of benzene rings is 1. The van der Waals surface area contributed by atoms with E-state index in [2.05, 4.69) is 15.3 Å². The largest absolute Gasteiger partial charge is 0.438 e. The van der Waals surface area contributed by atoms with Crippen LogP contribution in [0.5, 0.6) is 0 Å². The van der Waals surface area contributed by atoms with E-state index in [1.165, 1.54) is 18.6 Å². The van der Waals surface area contributed by atoms with Gasteiger partial charge in [-0.15, -0.1) is 0 Å². The highest BCUT2D eigenvalue weighted by Crippen LogP contribution is 2.36. The first-order chi connectivity index (χ1) is 13.8. The minimum atomic E-state index is -0.645. The van der Waals surface area contributed by atoms with E-state index in [1.807, 2.05) is 0 Å². The summed E-state index contributed by atoms with van der Waals surface area (Å²) in [7, 11) is 0. The Balaban J connectivity index is 1.71. The Morgan fingerprint density at radius 2 is 2.00 bits per heavy atom. The van der Waals surface area contributed by atoms with Gasteiger partial charge in [0.2, 0.25) is 0 Å². The first-order valence-corrected chi connectivity index (χ1v) is 8.93. The fourth-order valence-electron chi connectivity index (χ4n) is 3.18. The van der Waals surface area contributed by atoms with Gasteiger partial charge in [-0.05, 0) is 36.9 Å². The number of hydrogen-bond donors (Lipinski definition) is 3. The first kappa shape index (κ1) is 18.9. The maximum absolute atomic E-state index is 14.9. The maximum Gasteiger partial charge on any atom is 0.413 e. The molecule has 1 fully saturated rings. The zero-order valence-electron chi connectivity index (χ0n) is 16.0. The van der Waals surface area contributed by atoms with Crippen LogP contribution in [0.4, 0.5) is 26.4 Å². The molecule has 0 atom stereocenters. The molecule has 0 aliphatic carbocycles. The number of rotatable bonds is 3. The summed E-state index contributed by atoms with van der Waals surface area (Å²) < 4.78 is 25.3. The number of carbonyl (C=O) groups is 1. The molecule has 1 aliphatic heterocycles. The fraction of sp³-hybridized carbons (Fsp3) is 0.250. The molecule has 1 amide bonds. The number of ether oxygens (including phenoxy) is 2. The molecule has 0 saturated carbocycles. The molecule has 0 unspecified atom stereocenters. The molecular formula is C20H20FN5O3. The number of fused-ring (bicyclic) bond motifs is 1. The minimum Gasteiger partial charge on any atom is -0.438 e. The quantitative estimate of drug-likeness (QED) is 0.579. The zero-order chi connectivity index (χ0) is 20.8. The van der Waals surface area contributed by atoms with Gasteiger partial charge >= 0.3 is 6.09 Å². The highest BCUT2D eigenvalue weighted by Gasteiger charge is 2.37. The van der Waals surface area contributed by atoms with Crippen molar-refractivity contribution in [1.29, 1.82) is 0 Å². The van der Waals surface area contributed by atoms with Gasteiger partial charge in [0.15, 0.2) is 11.4 Å². The zero-order valence-corrected chi connectivity index (χ0v) is 16.0. The number of carbonyl (C=O) groups excluding carboxylic acids is 1. The Morgan fingerprint density at radius 3 is 2.69 bits per heavy atom. The topological polar surface area (TPSA) is 125 Å². The number of pyridine rings is 2. The van der Waals surface area contributed by atoms with Gasteiger partial charge in [0.25, 0.3) is 0 Å². The van der Waals surface area contributed by atoms with E-state index >= 15 is 0 Å². The van der Waals surface area contributed by atoms with E-state index in [0.29, 0.717) is 40.8 Å². The number of nitrogens with one attached hydrogen (secondary N) is 1. The Bertz CT molecular complexity index is 1130. The lowest BCUT2D eigenvalue weighted by Gasteiger charge is -2.36. The van der Waals surface area contributed by atoms with Crippen molar-refractivity contribution in [2.24, 2.45) is 0 Å². The van der Waals surface area contributed by atoms with Gasteiger partial charge in [-0.25, -0.2) is 14.2 Å². The molecule has 150 valence electrons. The smallest absolute Gasteiger partial charge is 0.413 e. The van der Waals surface area contributed by atoms with E-state index in [4.69, 9.17) is 20.9 Å². The monoisotopic (exact) mass is 397 g/mol. The van der Waals surface area contributed by atoms with Crippen LogP contribution in [0.25, 0.3) is 21.9 Å². The lowest BCUT2D eigenvalue weighted by molar-refractivity contribution is -0.164. The van der Waals surface area contributed by atoms with Crippen LogP contribution in [0.3, 0.4) is 0 Å². The molecule has 8 nitrogen and oxygen atoms in total. The average Bonchev–Trinajstić information content (AvgIpc) is 2.65. The van der Waals surface area contributed by atoms with Gasteiger partial charge in [0.1, 0.15) is 5.82 Å². The molecule has 9 heteroatoms. The van der Waals surface area contributed by atoms with Crippen molar-refractivity contribution in [1.82, 2.24) is 9.97 Å². The number of nitrogens with two attached hydrogens (primary N) is 2. The molecule has 4 rings (SSSR count).